The predicted molar refractivity (Wildman–Crippen MR) is 54.1 cm³/mol. The van der Waals surface area contributed by atoms with E-state index in [2.05, 4.69) is 32.8 Å². The molecule has 3 heteroatoms. The first-order valence-electron chi connectivity index (χ1n) is 3.51. The summed E-state index contributed by atoms with van der Waals surface area (Å²) in [6, 6.07) is 1.87. The van der Waals surface area contributed by atoms with Gasteiger partial charge in [0.25, 0.3) is 0 Å². The number of hydrogen-bond acceptors (Lipinski definition) is 2. The number of aromatic nitrogens is 1. The summed E-state index contributed by atoms with van der Waals surface area (Å²) in [5.74, 6) is 5.81. The number of nitrogens with zero attached hydrogens (tertiary/aromatic N) is 1. The Kier molecular flexibility index (Phi) is 3.12. The van der Waals surface area contributed by atoms with Crippen LogP contribution in [0.1, 0.15) is 11.3 Å². The van der Waals surface area contributed by atoms with Crippen LogP contribution in [0.15, 0.2) is 12.3 Å². The van der Waals surface area contributed by atoms with E-state index in [9.17, 15) is 0 Å². The Balaban J connectivity index is 3.01. The first-order valence-corrected chi connectivity index (χ1v) is 4.63. The molecule has 0 aromatic carbocycles. The van der Waals surface area contributed by atoms with Gasteiger partial charge in [-0.1, -0.05) is 21.9 Å². The van der Waals surface area contributed by atoms with Crippen LogP contribution in [0.25, 0.3) is 0 Å². The van der Waals surface area contributed by atoms with Crippen molar-refractivity contribution < 1.29 is 0 Å². The van der Waals surface area contributed by atoms with Crippen LogP contribution in [0, 0.1) is 18.8 Å². The summed E-state index contributed by atoms with van der Waals surface area (Å²) < 4.78 is 0. The van der Waals surface area contributed by atoms with Crippen molar-refractivity contribution in [3.8, 4) is 11.8 Å². The van der Waals surface area contributed by atoms with Gasteiger partial charge in [0, 0.05) is 0 Å². The largest absolute Gasteiger partial charge is 0.397 e. The van der Waals surface area contributed by atoms with Gasteiger partial charge in [-0.3, -0.25) is 0 Å². The van der Waals surface area contributed by atoms with Crippen molar-refractivity contribution in [1.29, 1.82) is 0 Å². The van der Waals surface area contributed by atoms with Gasteiger partial charge < -0.3 is 5.73 Å². The number of anilines is 1. The van der Waals surface area contributed by atoms with Crippen molar-refractivity contribution in [2.75, 3.05) is 11.1 Å². The Hall–Kier alpha value is -1.01. The number of halogens is 1. The second-order valence-electron chi connectivity index (χ2n) is 2.37. The van der Waals surface area contributed by atoms with E-state index in [1.54, 1.807) is 6.20 Å². The Morgan fingerprint density at radius 2 is 2.42 bits per heavy atom. The molecule has 0 unspecified atom stereocenters. The fourth-order valence-electron chi connectivity index (χ4n) is 0.845. The fourth-order valence-corrected chi connectivity index (χ4v) is 0.985. The molecule has 2 nitrogen and oxygen atoms in total. The maximum atomic E-state index is 5.54. The average Bonchev–Trinajstić information content (AvgIpc) is 2.03. The molecular formula is C9H9BrN2. The number of nitrogens with two attached hydrogens (primary N) is 1. The third kappa shape index (κ3) is 2.24. The van der Waals surface area contributed by atoms with Gasteiger partial charge in [0.1, 0.15) is 5.69 Å². The lowest BCUT2D eigenvalue weighted by molar-refractivity contribution is 1.23. The lowest BCUT2D eigenvalue weighted by Crippen LogP contribution is -1.92. The molecule has 0 saturated carbocycles. The molecule has 0 amide bonds. The number of pyridine rings is 1. The molecule has 1 heterocycles. The Bertz CT molecular complexity index is 336. The van der Waals surface area contributed by atoms with Gasteiger partial charge in [-0.2, -0.15) is 0 Å². The minimum atomic E-state index is 0.665. The second kappa shape index (κ2) is 4.13. The first-order chi connectivity index (χ1) is 5.74. The van der Waals surface area contributed by atoms with Crippen molar-refractivity contribution in [2.45, 2.75) is 6.92 Å². The molecule has 0 spiro atoms. The lowest BCUT2D eigenvalue weighted by atomic mass is 10.2. The Labute approximate surface area is 80.3 Å². The van der Waals surface area contributed by atoms with Gasteiger partial charge in [-0.05, 0) is 24.5 Å². The smallest absolute Gasteiger partial charge is 0.116 e. The summed E-state index contributed by atoms with van der Waals surface area (Å²) in [5, 5.41) is 0.665. The van der Waals surface area contributed by atoms with Crippen LogP contribution in [0.4, 0.5) is 5.69 Å². The standard InChI is InChI=1S/C9H9BrN2/c1-7-5-8(11)6-12-9(7)3-2-4-10/h5-6H,4,11H2,1H3. The molecule has 0 atom stereocenters. The van der Waals surface area contributed by atoms with Crippen molar-refractivity contribution in [2.24, 2.45) is 0 Å². The maximum Gasteiger partial charge on any atom is 0.116 e. The molecule has 12 heavy (non-hydrogen) atoms. The van der Waals surface area contributed by atoms with Gasteiger partial charge in [-0.15, -0.1) is 0 Å². The minimum Gasteiger partial charge on any atom is -0.397 e. The molecule has 0 radical (unpaired) electrons. The van der Waals surface area contributed by atoms with E-state index in [0.717, 1.165) is 11.3 Å². The summed E-state index contributed by atoms with van der Waals surface area (Å²) in [7, 11) is 0. The molecule has 0 aliphatic carbocycles. The van der Waals surface area contributed by atoms with E-state index < -0.39 is 0 Å². The summed E-state index contributed by atoms with van der Waals surface area (Å²) in [5.41, 5.74) is 8.03. The predicted octanol–water partition coefficient (Wildman–Crippen LogP) is 1.72. The number of alkyl halides is 1. The molecule has 1 rings (SSSR count). The number of hydrogen-bond donors (Lipinski definition) is 1. The highest BCUT2D eigenvalue weighted by Gasteiger charge is 1.94. The van der Waals surface area contributed by atoms with Gasteiger partial charge in [0.15, 0.2) is 0 Å². The molecule has 0 aliphatic heterocycles. The molecule has 1 aromatic rings. The van der Waals surface area contributed by atoms with E-state index in [4.69, 9.17) is 5.73 Å². The Morgan fingerprint density at radius 1 is 1.67 bits per heavy atom. The summed E-state index contributed by atoms with van der Waals surface area (Å²) in [6.07, 6.45) is 1.62. The molecule has 0 aliphatic rings. The van der Waals surface area contributed by atoms with Crippen molar-refractivity contribution in [1.82, 2.24) is 4.98 Å². The van der Waals surface area contributed by atoms with Crippen molar-refractivity contribution in [3.05, 3.63) is 23.5 Å². The SMILES string of the molecule is Cc1cc(N)cnc1C#CCBr. The summed E-state index contributed by atoms with van der Waals surface area (Å²) >= 11 is 3.22. The molecule has 1 aromatic heterocycles. The third-order valence-corrected chi connectivity index (χ3v) is 1.65. The molecular weight excluding hydrogens is 216 g/mol. The maximum absolute atomic E-state index is 5.54. The monoisotopic (exact) mass is 224 g/mol. The van der Waals surface area contributed by atoms with Gasteiger partial charge in [-0.25, -0.2) is 4.98 Å². The topological polar surface area (TPSA) is 38.9 Å². The third-order valence-electron chi connectivity index (χ3n) is 1.37. The minimum absolute atomic E-state index is 0.665. The Morgan fingerprint density at radius 3 is 3.00 bits per heavy atom. The first kappa shape index (κ1) is 9.08. The molecule has 0 fully saturated rings. The quantitative estimate of drug-likeness (QED) is 0.539. The van der Waals surface area contributed by atoms with Crippen LogP contribution in [0.3, 0.4) is 0 Å². The zero-order valence-corrected chi connectivity index (χ0v) is 8.35. The summed E-state index contributed by atoms with van der Waals surface area (Å²) in [6.45, 7) is 1.95. The van der Waals surface area contributed by atoms with Crippen LogP contribution in [-0.4, -0.2) is 10.3 Å². The zero-order valence-electron chi connectivity index (χ0n) is 6.76. The van der Waals surface area contributed by atoms with Crippen LogP contribution >= 0.6 is 15.9 Å². The van der Waals surface area contributed by atoms with Crippen LogP contribution < -0.4 is 5.73 Å². The highest BCUT2D eigenvalue weighted by molar-refractivity contribution is 9.09. The van der Waals surface area contributed by atoms with Gasteiger partial charge >= 0.3 is 0 Å². The molecule has 62 valence electrons. The van der Waals surface area contributed by atoms with E-state index in [-0.39, 0.29) is 0 Å². The normalized spacial score (nSPS) is 8.83. The van der Waals surface area contributed by atoms with Crippen molar-refractivity contribution in [3.63, 3.8) is 0 Å². The van der Waals surface area contributed by atoms with E-state index in [1.807, 2.05) is 13.0 Å². The average molecular weight is 225 g/mol. The number of nitrogen functional groups attached to an aromatic ring is 1. The van der Waals surface area contributed by atoms with Gasteiger partial charge in [0.2, 0.25) is 0 Å². The highest BCUT2D eigenvalue weighted by atomic mass is 79.9. The zero-order chi connectivity index (χ0) is 8.97. The highest BCUT2D eigenvalue weighted by Crippen LogP contribution is 2.07. The van der Waals surface area contributed by atoms with Gasteiger partial charge in [0.05, 0.1) is 17.2 Å². The second-order valence-corrected chi connectivity index (χ2v) is 2.93. The van der Waals surface area contributed by atoms with E-state index >= 15 is 0 Å². The molecule has 2 N–H and O–H groups in total. The van der Waals surface area contributed by atoms with Crippen LogP contribution in [0.2, 0.25) is 0 Å². The van der Waals surface area contributed by atoms with Crippen LogP contribution in [0.5, 0.6) is 0 Å². The summed E-state index contributed by atoms with van der Waals surface area (Å²) in [4.78, 5) is 4.10. The number of rotatable bonds is 0. The van der Waals surface area contributed by atoms with Crippen molar-refractivity contribution >= 4 is 21.6 Å². The van der Waals surface area contributed by atoms with E-state index in [1.165, 1.54) is 0 Å². The fraction of sp³-hybridized carbons (Fsp3) is 0.222. The lowest BCUT2D eigenvalue weighted by Gasteiger charge is -1.97. The molecule has 0 saturated heterocycles. The number of aryl methyl sites for hydroxylation is 1. The molecule has 0 bridgehead atoms. The van der Waals surface area contributed by atoms with E-state index in [0.29, 0.717) is 11.0 Å². The van der Waals surface area contributed by atoms with Crippen LogP contribution in [-0.2, 0) is 0 Å².